The molecule has 0 spiro atoms. The molecule has 0 saturated carbocycles. The van der Waals surface area contributed by atoms with E-state index >= 15 is 0 Å². The maximum absolute atomic E-state index is 5.79. The van der Waals surface area contributed by atoms with Gasteiger partial charge in [0.05, 0.1) is 19.0 Å². The zero-order valence-corrected chi connectivity index (χ0v) is 13.5. The molecule has 0 radical (unpaired) electrons. The fourth-order valence-corrected chi connectivity index (χ4v) is 1.76. The molecule has 0 amide bonds. The lowest BCUT2D eigenvalue weighted by Gasteiger charge is -2.16. The molecule has 0 aromatic heterocycles. The average Bonchev–Trinajstić information content (AvgIpc) is 2.32. The SMILES string of the molecule is CC(C)CCOc1ccc([PH-])c(OCCC(C)C)c1. The Labute approximate surface area is 120 Å². The van der Waals surface area contributed by atoms with Gasteiger partial charge in [0.2, 0.25) is 0 Å². The van der Waals surface area contributed by atoms with E-state index in [-0.39, 0.29) is 0 Å². The first-order valence-electron chi connectivity index (χ1n) is 7.10. The van der Waals surface area contributed by atoms with Crippen LogP contribution in [0.2, 0.25) is 0 Å². The topological polar surface area (TPSA) is 18.5 Å². The maximum atomic E-state index is 5.79. The Balaban J connectivity index is 2.51. The van der Waals surface area contributed by atoms with Crippen LogP contribution >= 0.6 is 9.24 Å². The lowest BCUT2D eigenvalue weighted by molar-refractivity contribution is 0.277. The summed E-state index contributed by atoms with van der Waals surface area (Å²) < 4.78 is 11.5. The zero-order valence-electron chi connectivity index (χ0n) is 12.5. The fourth-order valence-electron chi connectivity index (χ4n) is 1.53. The number of benzene rings is 1. The van der Waals surface area contributed by atoms with Crippen molar-refractivity contribution in [1.29, 1.82) is 0 Å². The summed E-state index contributed by atoms with van der Waals surface area (Å²) in [6, 6.07) is 5.91. The van der Waals surface area contributed by atoms with Crippen LogP contribution in [-0.2, 0) is 0 Å². The fraction of sp³-hybridized carbons (Fsp3) is 0.625. The summed E-state index contributed by atoms with van der Waals surface area (Å²) in [4.78, 5) is 0. The van der Waals surface area contributed by atoms with Crippen LogP contribution < -0.4 is 14.8 Å². The number of rotatable bonds is 8. The van der Waals surface area contributed by atoms with E-state index in [2.05, 4.69) is 36.9 Å². The van der Waals surface area contributed by atoms with E-state index in [1.54, 1.807) is 0 Å². The van der Waals surface area contributed by atoms with Crippen LogP contribution in [0.4, 0.5) is 0 Å². The van der Waals surface area contributed by atoms with Gasteiger partial charge in [-0.3, -0.25) is 0 Å². The Morgan fingerprint density at radius 2 is 1.53 bits per heavy atom. The third-order valence-electron chi connectivity index (χ3n) is 2.87. The second-order valence-corrected chi connectivity index (χ2v) is 6.26. The van der Waals surface area contributed by atoms with E-state index in [1.165, 1.54) is 0 Å². The Hall–Kier alpha value is -0.750. The van der Waals surface area contributed by atoms with Gasteiger partial charge in [-0.1, -0.05) is 33.8 Å². The number of hydrogen-bond acceptors (Lipinski definition) is 2. The minimum absolute atomic E-state index is 0.656. The van der Waals surface area contributed by atoms with Crippen LogP contribution in [0.1, 0.15) is 40.5 Å². The summed E-state index contributed by atoms with van der Waals surface area (Å²) >= 11 is 0. The molecule has 1 aromatic carbocycles. The molecule has 0 fully saturated rings. The van der Waals surface area contributed by atoms with Gasteiger partial charge in [-0.05, 0) is 30.7 Å². The van der Waals surface area contributed by atoms with Crippen LogP contribution in [0.25, 0.3) is 0 Å². The van der Waals surface area contributed by atoms with Crippen molar-refractivity contribution in [3.63, 3.8) is 0 Å². The van der Waals surface area contributed by atoms with Crippen LogP contribution in [0.3, 0.4) is 0 Å². The maximum Gasteiger partial charge on any atom is 0.122 e. The van der Waals surface area contributed by atoms with Crippen molar-refractivity contribution < 1.29 is 9.47 Å². The molecule has 0 unspecified atom stereocenters. The second kappa shape index (κ2) is 8.43. The zero-order chi connectivity index (χ0) is 14.3. The van der Waals surface area contributed by atoms with E-state index in [0.717, 1.165) is 42.9 Å². The molecule has 0 aliphatic carbocycles. The molecule has 0 aliphatic rings. The van der Waals surface area contributed by atoms with E-state index in [4.69, 9.17) is 9.47 Å². The Kier molecular flexibility index (Phi) is 7.23. The molecule has 0 N–H and O–H groups in total. The summed E-state index contributed by atoms with van der Waals surface area (Å²) in [6.45, 7) is 10.3. The summed E-state index contributed by atoms with van der Waals surface area (Å²) in [7, 11) is 3.56. The Bertz CT molecular complexity index is 375. The van der Waals surface area contributed by atoms with Crippen LogP contribution in [0.15, 0.2) is 18.2 Å². The Morgan fingerprint density at radius 3 is 2.11 bits per heavy atom. The first kappa shape index (κ1) is 16.3. The largest absolute Gasteiger partial charge is 0.521 e. The molecule has 0 aliphatic heterocycles. The molecule has 2 nitrogen and oxygen atoms in total. The van der Waals surface area contributed by atoms with Gasteiger partial charge >= 0.3 is 0 Å². The number of hydrogen-bond donors (Lipinski definition) is 0. The molecular formula is C16H26O2P-. The highest BCUT2D eigenvalue weighted by molar-refractivity contribution is 7.27. The Morgan fingerprint density at radius 1 is 0.947 bits per heavy atom. The van der Waals surface area contributed by atoms with Gasteiger partial charge in [0.15, 0.2) is 0 Å². The average molecular weight is 281 g/mol. The predicted molar refractivity (Wildman–Crippen MR) is 84.3 cm³/mol. The molecule has 0 saturated heterocycles. The molecule has 3 heteroatoms. The minimum Gasteiger partial charge on any atom is -0.521 e. The smallest absolute Gasteiger partial charge is 0.122 e. The summed E-state index contributed by atoms with van der Waals surface area (Å²) in [5.74, 6) is 3.06. The molecular weight excluding hydrogens is 255 g/mol. The van der Waals surface area contributed by atoms with E-state index < -0.39 is 0 Å². The summed E-state index contributed by atoms with van der Waals surface area (Å²) in [5.41, 5.74) is 0. The van der Waals surface area contributed by atoms with Gasteiger partial charge in [-0.15, -0.1) is 0 Å². The highest BCUT2D eigenvalue weighted by Crippen LogP contribution is 2.20. The molecule has 108 valence electrons. The van der Waals surface area contributed by atoms with Crippen LogP contribution in [-0.4, -0.2) is 13.2 Å². The van der Waals surface area contributed by atoms with Crippen LogP contribution in [0.5, 0.6) is 11.5 Å². The van der Waals surface area contributed by atoms with Crippen molar-refractivity contribution in [3.05, 3.63) is 18.2 Å². The first-order valence-corrected chi connectivity index (χ1v) is 7.60. The molecule has 0 heterocycles. The molecule has 0 atom stereocenters. The van der Waals surface area contributed by atoms with Crippen molar-refractivity contribution in [2.45, 2.75) is 40.5 Å². The normalized spacial score (nSPS) is 11.1. The molecule has 1 aromatic rings. The lowest BCUT2D eigenvalue weighted by Crippen LogP contribution is -2.08. The van der Waals surface area contributed by atoms with Gasteiger partial charge in [-0.2, -0.15) is 5.30 Å². The molecule has 0 bridgehead atoms. The molecule has 1 rings (SSSR count). The molecule has 19 heavy (non-hydrogen) atoms. The van der Waals surface area contributed by atoms with Crippen LogP contribution in [0, 0.1) is 11.8 Å². The minimum atomic E-state index is 0.656. The summed E-state index contributed by atoms with van der Waals surface area (Å²) in [6.07, 6.45) is 2.13. The van der Waals surface area contributed by atoms with Crippen molar-refractivity contribution in [3.8, 4) is 11.5 Å². The predicted octanol–water partition coefficient (Wildman–Crippen LogP) is 4.30. The van der Waals surface area contributed by atoms with Crippen molar-refractivity contribution in [1.82, 2.24) is 0 Å². The van der Waals surface area contributed by atoms with Gasteiger partial charge in [0, 0.05) is 6.07 Å². The van der Waals surface area contributed by atoms with Crippen molar-refractivity contribution in [2.75, 3.05) is 13.2 Å². The van der Waals surface area contributed by atoms with E-state index in [9.17, 15) is 0 Å². The van der Waals surface area contributed by atoms with Crippen molar-refractivity contribution >= 4 is 14.5 Å². The van der Waals surface area contributed by atoms with Gasteiger partial charge in [0.25, 0.3) is 0 Å². The van der Waals surface area contributed by atoms with Gasteiger partial charge < -0.3 is 18.7 Å². The quantitative estimate of drug-likeness (QED) is 0.661. The standard InChI is InChI=1S/C16H26O2P/c1-12(2)7-9-17-14-5-6-16(19)15(11-14)18-10-8-13(3)4/h5-6,11-13,19H,7-10H2,1-4H3/q-1. The van der Waals surface area contributed by atoms with E-state index in [0.29, 0.717) is 11.8 Å². The third kappa shape index (κ3) is 6.82. The van der Waals surface area contributed by atoms with Crippen molar-refractivity contribution in [2.24, 2.45) is 11.8 Å². The van der Waals surface area contributed by atoms with E-state index in [1.807, 2.05) is 18.2 Å². The van der Waals surface area contributed by atoms with Gasteiger partial charge in [0.1, 0.15) is 5.75 Å². The first-order chi connectivity index (χ1) is 8.99. The third-order valence-corrected chi connectivity index (χ3v) is 3.28. The number of ether oxygens (including phenoxy) is 2. The lowest BCUT2D eigenvalue weighted by atomic mass is 10.1. The second-order valence-electron chi connectivity index (χ2n) is 5.72. The highest BCUT2D eigenvalue weighted by Gasteiger charge is 2.01. The van der Waals surface area contributed by atoms with Gasteiger partial charge in [-0.25, -0.2) is 0 Å². The monoisotopic (exact) mass is 281 g/mol. The highest BCUT2D eigenvalue weighted by atomic mass is 31.0. The summed E-state index contributed by atoms with van der Waals surface area (Å²) in [5, 5.41) is 0.972.